The number of para-hydroxylation sites is 2. The molecule has 34 heavy (non-hydrogen) atoms. The van der Waals surface area contributed by atoms with Crippen LogP contribution in [0.3, 0.4) is 0 Å². The highest BCUT2D eigenvalue weighted by molar-refractivity contribution is 6.08. The van der Waals surface area contributed by atoms with Crippen molar-refractivity contribution in [1.29, 1.82) is 0 Å². The topological polar surface area (TPSA) is 144 Å². The third-order valence-electron chi connectivity index (χ3n) is 6.48. The fourth-order valence-corrected chi connectivity index (χ4v) is 4.78. The lowest BCUT2D eigenvalue weighted by Crippen LogP contribution is -2.50. The van der Waals surface area contributed by atoms with E-state index in [1.807, 2.05) is 6.92 Å². The summed E-state index contributed by atoms with van der Waals surface area (Å²) in [7, 11) is 0. The van der Waals surface area contributed by atoms with Crippen molar-refractivity contribution in [3.8, 4) is 0 Å². The van der Waals surface area contributed by atoms with E-state index in [1.54, 1.807) is 0 Å². The number of hydrogen-bond donors (Lipinski definition) is 0. The largest absolute Gasteiger partial charge is 0.282 e. The minimum absolute atomic E-state index is 0.0864. The van der Waals surface area contributed by atoms with Crippen molar-refractivity contribution in [3.63, 3.8) is 0 Å². The van der Waals surface area contributed by atoms with Crippen LogP contribution in [0, 0.1) is 38.0 Å². The third-order valence-corrected chi connectivity index (χ3v) is 6.48. The summed E-state index contributed by atoms with van der Waals surface area (Å²) in [6.45, 7) is 1.51. The van der Waals surface area contributed by atoms with Gasteiger partial charge >= 0.3 is 0 Å². The van der Waals surface area contributed by atoms with Crippen LogP contribution in [0.15, 0.2) is 48.5 Å². The zero-order valence-corrected chi connectivity index (χ0v) is 18.3. The third kappa shape index (κ3) is 4.00. The first-order valence-corrected chi connectivity index (χ1v) is 10.9. The number of nitro groups is 2. The van der Waals surface area contributed by atoms with E-state index in [0.717, 1.165) is 22.5 Å². The van der Waals surface area contributed by atoms with Crippen molar-refractivity contribution in [1.82, 2.24) is 10.0 Å². The average Bonchev–Trinajstić information content (AvgIpc) is 3.06. The van der Waals surface area contributed by atoms with Gasteiger partial charge in [0.2, 0.25) is 0 Å². The van der Waals surface area contributed by atoms with Crippen LogP contribution < -0.4 is 0 Å². The van der Waals surface area contributed by atoms with Gasteiger partial charge in [-0.15, -0.1) is 0 Å². The van der Waals surface area contributed by atoms with E-state index in [9.17, 15) is 34.6 Å². The lowest BCUT2D eigenvalue weighted by Gasteiger charge is -2.30. The standard InChI is InChI=1S/C23H22N4O7/c1-14-10-11-16-18(12-14)23(30)25(22(16)29)24(13-15-6-2-4-8-19(15)26(31)32)21(28)17-7-3-5-9-20(17)27(33)34/h2-9,14,16,18H,10-13H2,1H3/t14-,16+,18-/m1/s1. The minimum Gasteiger partial charge on any atom is -0.272 e. The molecule has 2 aromatic carbocycles. The first kappa shape index (κ1) is 23.0. The number of nitro benzene ring substituents is 2. The van der Waals surface area contributed by atoms with Crippen molar-refractivity contribution in [3.05, 3.63) is 79.9 Å². The first-order valence-electron chi connectivity index (χ1n) is 10.9. The van der Waals surface area contributed by atoms with Crippen LogP contribution in [-0.4, -0.2) is 37.6 Å². The summed E-state index contributed by atoms with van der Waals surface area (Å²) in [4.78, 5) is 62.0. The number of hydrazine groups is 1. The summed E-state index contributed by atoms with van der Waals surface area (Å²) in [5, 5.41) is 24.7. The molecule has 176 valence electrons. The molecule has 3 amide bonds. The van der Waals surface area contributed by atoms with E-state index in [0.29, 0.717) is 12.8 Å². The smallest absolute Gasteiger partial charge is 0.272 e. The van der Waals surface area contributed by atoms with Crippen LogP contribution in [0.2, 0.25) is 0 Å². The molecule has 1 saturated heterocycles. The normalized spacial score (nSPS) is 21.8. The Labute approximate surface area is 194 Å². The highest BCUT2D eigenvalue weighted by atomic mass is 16.6. The van der Waals surface area contributed by atoms with Crippen LogP contribution in [0.5, 0.6) is 0 Å². The Hall–Kier alpha value is -4.15. The van der Waals surface area contributed by atoms with Crippen LogP contribution in [0.4, 0.5) is 11.4 Å². The zero-order chi connectivity index (χ0) is 24.6. The molecule has 11 heteroatoms. The second-order valence-electron chi connectivity index (χ2n) is 8.64. The summed E-state index contributed by atoms with van der Waals surface area (Å²) < 4.78 is 0. The molecule has 2 aliphatic rings. The molecule has 0 aromatic heterocycles. The van der Waals surface area contributed by atoms with Gasteiger partial charge in [0.25, 0.3) is 29.1 Å². The Morgan fingerprint density at radius 2 is 1.53 bits per heavy atom. The number of nitrogens with zero attached hydrogens (tertiary/aromatic N) is 4. The summed E-state index contributed by atoms with van der Waals surface area (Å²) in [6, 6.07) is 10.8. The van der Waals surface area contributed by atoms with Gasteiger partial charge in [0.05, 0.1) is 33.8 Å². The second-order valence-corrected chi connectivity index (χ2v) is 8.64. The van der Waals surface area contributed by atoms with Gasteiger partial charge in [-0.2, -0.15) is 5.01 Å². The Balaban J connectivity index is 1.80. The van der Waals surface area contributed by atoms with Gasteiger partial charge < -0.3 is 0 Å². The molecule has 0 bridgehead atoms. The van der Waals surface area contributed by atoms with Crippen LogP contribution in [-0.2, 0) is 16.1 Å². The molecular weight excluding hydrogens is 444 g/mol. The van der Waals surface area contributed by atoms with Crippen molar-refractivity contribution >= 4 is 29.1 Å². The summed E-state index contributed by atoms with van der Waals surface area (Å²) in [5.74, 6) is -3.04. The Bertz CT molecular complexity index is 1200. The number of hydrogen-bond acceptors (Lipinski definition) is 7. The lowest BCUT2D eigenvalue weighted by molar-refractivity contribution is -0.385. The van der Waals surface area contributed by atoms with Gasteiger partial charge in [0, 0.05) is 12.1 Å². The van der Waals surface area contributed by atoms with E-state index >= 15 is 0 Å². The molecule has 1 heterocycles. The molecule has 4 rings (SSSR count). The number of benzene rings is 2. The quantitative estimate of drug-likeness (QED) is 0.360. The number of fused-ring (bicyclic) bond motifs is 1. The molecule has 0 N–H and O–H groups in total. The molecule has 1 saturated carbocycles. The van der Waals surface area contributed by atoms with E-state index in [4.69, 9.17) is 0 Å². The highest BCUT2D eigenvalue weighted by Crippen LogP contribution is 2.42. The lowest BCUT2D eigenvalue weighted by atomic mass is 9.76. The van der Waals surface area contributed by atoms with E-state index < -0.39 is 51.6 Å². The van der Waals surface area contributed by atoms with Crippen LogP contribution in [0.25, 0.3) is 0 Å². The maximum Gasteiger partial charge on any atom is 0.282 e. The van der Waals surface area contributed by atoms with Crippen LogP contribution >= 0.6 is 0 Å². The molecular formula is C23H22N4O7. The van der Waals surface area contributed by atoms with Gasteiger partial charge in [-0.25, -0.2) is 5.01 Å². The second kappa shape index (κ2) is 9.00. The molecule has 0 unspecified atom stereocenters. The average molecular weight is 466 g/mol. The number of imide groups is 1. The Morgan fingerprint density at radius 1 is 0.941 bits per heavy atom. The van der Waals surface area contributed by atoms with Crippen LogP contribution in [0.1, 0.15) is 42.1 Å². The number of rotatable bonds is 6. The number of carbonyl (C=O) groups excluding carboxylic acids is 3. The Kier molecular flexibility index (Phi) is 6.10. The summed E-state index contributed by atoms with van der Waals surface area (Å²) in [5.41, 5.74) is -1.03. The molecule has 2 aromatic rings. The van der Waals surface area contributed by atoms with Gasteiger partial charge in [-0.1, -0.05) is 37.3 Å². The van der Waals surface area contributed by atoms with E-state index in [2.05, 4.69) is 0 Å². The fourth-order valence-electron chi connectivity index (χ4n) is 4.78. The highest BCUT2D eigenvalue weighted by Gasteiger charge is 2.53. The molecule has 2 fully saturated rings. The number of carbonyl (C=O) groups is 3. The van der Waals surface area contributed by atoms with E-state index in [1.165, 1.54) is 42.5 Å². The van der Waals surface area contributed by atoms with Crippen molar-refractivity contribution in [2.24, 2.45) is 17.8 Å². The maximum atomic E-state index is 13.6. The van der Waals surface area contributed by atoms with Gasteiger partial charge in [0.15, 0.2) is 0 Å². The Morgan fingerprint density at radius 3 is 2.21 bits per heavy atom. The number of amides is 3. The predicted octanol–water partition coefficient (Wildman–Crippen LogP) is 3.48. The van der Waals surface area contributed by atoms with Crippen molar-refractivity contribution in [2.75, 3.05) is 0 Å². The van der Waals surface area contributed by atoms with Gasteiger partial charge in [-0.3, -0.25) is 34.6 Å². The summed E-state index contributed by atoms with van der Waals surface area (Å²) in [6.07, 6.45) is 1.74. The monoisotopic (exact) mass is 466 g/mol. The molecule has 0 radical (unpaired) electrons. The molecule has 3 atom stereocenters. The van der Waals surface area contributed by atoms with E-state index in [-0.39, 0.29) is 22.7 Å². The minimum atomic E-state index is -0.959. The first-order chi connectivity index (χ1) is 16.2. The van der Waals surface area contributed by atoms with Crippen molar-refractivity contribution < 1.29 is 24.2 Å². The van der Waals surface area contributed by atoms with Gasteiger partial charge in [0.1, 0.15) is 5.56 Å². The molecule has 1 aliphatic heterocycles. The molecule has 11 nitrogen and oxygen atoms in total. The summed E-state index contributed by atoms with van der Waals surface area (Å²) >= 11 is 0. The maximum absolute atomic E-state index is 13.6. The fraction of sp³-hybridized carbons (Fsp3) is 0.348. The molecule has 0 spiro atoms. The molecule has 1 aliphatic carbocycles. The van der Waals surface area contributed by atoms with Crippen molar-refractivity contribution in [2.45, 2.75) is 32.7 Å². The SMILES string of the molecule is C[C@@H]1CC[C@@H]2C(=O)N(N(Cc3ccccc3[N+](=O)[O-])C(=O)c3ccccc3[N+](=O)[O-])C(=O)[C@@H]2C1. The predicted molar refractivity (Wildman–Crippen MR) is 118 cm³/mol. The van der Waals surface area contributed by atoms with Gasteiger partial charge in [-0.05, 0) is 31.2 Å². The zero-order valence-electron chi connectivity index (χ0n) is 18.3.